The van der Waals surface area contributed by atoms with Crippen molar-refractivity contribution in [3.8, 4) is 16.9 Å². The second kappa shape index (κ2) is 7.45. The van der Waals surface area contributed by atoms with E-state index in [9.17, 15) is 13.2 Å². The van der Waals surface area contributed by atoms with E-state index in [4.69, 9.17) is 21.2 Å². The summed E-state index contributed by atoms with van der Waals surface area (Å²) in [7, 11) is 1.63. The van der Waals surface area contributed by atoms with Crippen LogP contribution >= 0.6 is 10.7 Å². The molecule has 0 saturated heterocycles. The third-order valence-corrected chi connectivity index (χ3v) is 7.20. The monoisotopic (exact) mass is 441 g/mol. The van der Waals surface area contributed by atoms with Crippen LogP contribution in [0.15, 0.2) is 59.5 Å². The minimum absolute atomic E-state index is 0.0320. The second-order valence-corrected chi connectivity index (χ2v) is 9.93. The largest absolute Gasteiger partial charge is 0.410 e. The molecule has 0 saturated carbocycles. The van der Waals surface area contributed by atoms with E-state index in [2.05, 4.69) is 24.3 Å². The zero-order valence-electron chi connectivity index (χ0n) is 16.5. The number of carbonyl (C=O) groups is 1. The van der Waals surface area contributed by atoms with Gasteiger partial charge >= 0.3 is 6.09 Å². The average molecular weight is 442 g/mol. The molecule has 0 unspecified atom stereocenters. The number of ether oxygens (including phenoxy) is 1. The highest BCUT2D eigenvalue weighted by molar-refractivity contribution is 8.13. The molecule has 1 aliphatic carbocycles. The molecule has 1 aliphatic rings. The van der Waals surface area contributed by atoms with Crippen molar-refractivity contribution in [2.75, 3.05) is 0 Å². The number of hydrogen-bond acceptors (Lipinski definition) is 4. The van der Waals surface area contributed by atoms with Crippen molar-refractivity contribution >= 4 is 25.8 Å². The van der Waals surface area contributed by atoms with E-state index >= 15 is 0 Å². The molecule has 1 amide bonds. The number of nitrogens with two attached hydrogens (primary N) is 1. The molecule has 5 nitrogen and oxygen atoms in total. The van der Waals surface area contributed by atoms with Crippen molar-refractivity contribution in [3.05, 3.63) is 82.4 Å². The predicted octanol–water partition coefficient (Wildman–Crippen LogP) is 5.04. The molecule has 3 aromatic rings. The van der Waals surface area contributed by atoms with E-state index in [1.54, 1.807) is 13.8 Å². The summed E-state index contributed by atoms with van der Waals surface area (Å²) in [6, 6.07) is 17.6. The Labute approximate surface area is 179 Å². The molecule has 154 valence electrons. The first-order chi connectivity index (χ1) is 14.2. The average Bonchev–Trinajstić information content (AvgIpc) is 3.00. The fourth-order valence-electron chi connectivity index (χ4n) is 4.37. The zero-order chi connectivity index (χ0) is 21.6. The smallest absolute Gasteiger partial charge is 0.409 e. The van der Waals surface area contributed by atoms with Gasteiger partial charge in [0.1, 0.15) is 5.75 Å². The van der Waals surface area contributed by atoms with E-state index in [1.807, 2.05) is 24.3 Å². The lowest BCUT2D eigenvalue weighted by Crippen LogP contribution is -2.18. The Balaban J connectivity index is 1.91. The summed E-state index contributed by atoms with van der Waals surface area (Å²) in [4.78, 5) is 11.3. The van der Waals surface area contributed by atoms with Crippen molar-refractivity contribution in [2.24, 2.45) is 5.73 Å². The lowest BCUT2D eigenvalue weighted by atomic mass is 9.86. The maximum absolute atomic E-state index is 12.2. The van der Waals surface area contributed by atoms with Crippen molar-refractivity contribution in [3.63, 3.8) is 0 Å². The van der Waals surface area contributed by atoms with Gasteiger partial charge in [0, 0.05) is 22.7 Å². The second-order valence-electron chi connectivity index (χ2n) is 7.39. The van der Waals surface area contributed by atoms with Gasteiger partial charge in [-0.1, -0.05) is 48.5 Å². The Bertz CT molecular complexity index is 1240. The molecular weight excluding hydrogens is 422 g/mol. The molecule has 0 atom stereocenters. The molecule has 0 aliphatic heterocycles. The van der Waals surface area contributed by atoms with Gasteiger partial charge < -0.3 is 10.5 Å². The minimum atomic E-state index is -4.05. The van der Waals surface area contributed by atoms with Crippen LogP contribution in [0.5, 0.6) is 5.75 Å². The van der Waals surface area contributed by atoms with Gasteiger partial charge in [0.25, 0.3) is 9.05 Å². The molecule has 2 N–H and O–H groups in total. The molecule has 0 radical (unpaired) electrons. The molecule has 4 rings (SSSR count). The van der Waals surface area contributed by atoms with Crippen molar-refractivity contribution in [1.29, 1.82) is 0 Å². The first-order valence-electron chi connectivity index (χ1n) is 9.41. The van der Waals surface area contributed by atoms with Crippen LogP contribution in [0.1, 0.15) is 33.7 Å². The highest BCUT2D eigenvalue weighted by Crippen LogP contribution is 2.47. The topological polar surface area (TPSA) is 86.5 Å². The number of rotatable bonds is 4. The summed E-state index contributed by atoms with van der Waals surface area (Å²) in [6.45, 7) is 3.51. The third kappa shape index (κ3) is 3.46. The lowest BCUT2D eigenvalue weighted by Gasteiger charge is -2.20. The van der Waals surface area contributed by atoms with Crippen LogP contribution in [0.25, 0.3) is 11.1 Å². The fraction of sp³-hybridized carbons (Fsp3) is 0.174. The lowest BCUT2D eigenvalue weighted by molar-refractivity contribution is 0.210. The molecule has 0 aromatic heterocycles. The summed E-state index contributed by atoms with van der Waals surface area (Å²) in [5.41, 5.74) is 11.9. The summed E-state index contributed by atoms with van der Waals surface area (Å²) in [5.74, 6) is 0.131. The molecule has 0 spiro atoms. The molecule has 0 fully saturated rings. The highest BCUT2D eigenvalue weighted by Gasteiger charge is 2.30. The Morgan fingerprint density at radius 3 is 2.03 bits per heavy atom. The van der Waals surface area contributed by atoms with Gasteiger partial charge in [-0.15, -0.1) is 0 Å². The normalized spacial score (nSPS) is 13.0. The Kier molecular flexibility index (Phi) is 5.08. The molecule has 0 bridgehead atoms. The summed E-state index contributed by atoms with van der Waals surface area (Å²) in [5, 5.41) is 0. The number of fused-ring (bicyclic) bond motifs is 3. The van der Waals surface area contributed by atoms with Gasteiger partial charge in [0.15, 0.2) is 0 Å². The number of carbonyl (C=O) groups excluding carboxylic acids is 1. The quantitative estimate of drug-likeness (QED) is 0.574. The summed E-state index contributed by atoms with van der Waals surface area (Å²) < 4.78 is 29.5. The minimum Gasteiger partial charge on any atom is -0.410 e. The number of benzene rings is 3. The van der Waals surface area contributed by atoms with E-state index in [0.29, 0.717) is 17.5 Å². The van der Waals surface area contributed by atoms with Crippen LogP contribution in [0.3, 0.4) is 0 Å². The van der Waals surface area contributed by atoms with Crippen molar-refractivity contribution in [1.82, 2.24) is 0 Å². The Hall–Kier alpha value is -2.83. The van der Waals surface area contributed by atoms with Crippen LogP contribution in [0.2, 0.25) is 0 Å². The van der Waals surface area contributed by atoms with Gasteiger partial charge in [-0.25, -0.2) is 13.2 Å². The van der Waals surface area contributed by atoms with Crippen LogP contribution in [0.4, 0.5) is 4.79 Å². The van der Waals surface area contributed by atoms with E-state index in [0.717, 1.165) is 5.56 Å². The van der Waals surface area contributed by atoms with Crippen LogP contribution in [0, 0.1) is 13.8 Å². The number of halogens is 1. The summed E-state index contributed by atoms with van der Waals surface area (Å²) >= 11 is 0. The standard InChI is InChI=1S/C23H20ClNO4S/c1-13-19(14(2)22(30(24,27)28)12-21(13)29-23(25)26)11-20-17-9-5-3-7-15(17)16-8-4-6-10-18(16)20/h3-10,12,20H,11H2,1-2H3,(H2,25,26). The van der Waals surface area contributed by atoms with Crippen molar-refractivity contribution in [2.45, 2.75) is 31.1 Å². The molecule has 7 heteroatoms. The van der Waals surface area contributed by atoms with Gasteiger partial charge in [-0.2, -0.15) is 0 Å². The first-order valence-corrected chi connectivity index (χ1v) is 11.7. The van der Waals surface area contributed by atoms with Gasteiger partial charge in [0.05, 0.1) is 4.90 Å². The zero-order valence-corrected chi connectivity index (χ0v) is 18.0. The van der Waals surface area contributed by atoms with E-state index < -0.39 is 15.1 Å². The highest BCUT2D eigenvalue weighted by atomic mass is 35.7. The van der Waals surface area contributed by atoms with Crippen LogP contribution in [-0.2, 0) is 15.5 Å². The fourth-order valence-corrected chi connectivity index (χ4v) is 5.59. The first kappa shape index (κ1) is 20.4. The van der Waals surface area contributed by atoms with Gasteiger partial charge in [-0.3, -0.25) is 0 Å². The number of amides is 1. The number of hydrogen-bond donors (Lipinski definition) is 1. The Morgan fingerprint density at radius 1 is 1.00 bits per heavy atom. The molecular formula is C23H20ClNO4S. The summed E-state index contributed by atoms with van der Waals surface area (Å²) in [6.07, 6.45) is -0.483. The predicted molar refractivity (Wildman–Crippen MR) is 117 cm³/mol. The third-order valence-electron chi connectivity index (χ3n) is 5.75. The maximum Gasteiger partial charge on any atom is 0.409 e. The van der Waals surface area contributed by atoms with Crippen LogP contribution in [-0.4, -0.2) is 14.5 Å². The molecule has 30 heavy (non-hydrogen) atoms. The van der Waals surface area contributed by atoms with Crippen molar-refractivity contribution < 1.29 is 17.9 Å². The van der Waals surface area contributed by atoms with Gasteiger partial charge in [-0.05, 0) is 59.2 Å². The van der Waals surface area contributed by atoms with Crippen LogP contribution < -0.4 is 10.5 Å². The number of primary amides is 1. The van der Waals surface area contributed by atoms with E-state index in [-0.39, 0.29) is 16.6 Å². The maximum atomic E-state index is 12.2. The molecule has 3 aromatic carbocycles. The Morgan fingerprint density at radius 2 is 1.53 bits per heavy atom. The van der Waals surface area contributed by atoms with E-state index in [1.165, 1.54) is 28.3 Å². The van der Waals surface area contributed by atoms with Gasteiger partial charge in [0.2, 0.25) is 0 Å². The SMILES string of the molecule is Cc1c(OC(N)=O)cc(S(=O)(=O)Cl)c(C)c1CC1c2ccccc2-c2ccccc21. The molecule has 0 heterocycles.